The van der Waals surface area contributed by atoms with Crippen LogP contribution < -0.4 is 5.32 Å². The van der Waals surface area contributed by atoms with Gasteiger partial charge in [-0.3, -0.25) is 4.99 Å². The minimum Gasteiger partial charge on any atom is -0.353 e. The molecule has 0 aliphatic heterocycles. The molecule has 1 unspecified atom stereocenters. The van der Waals surface area contributed by atoms with E-state index in [1.54, 1.807) is 0 Å². The maximum atomic E-state index is 4.60. The smallest absolute Gasteiger partial charge is 0.194 e. The fourth-order valence-corrected chi connectivity index (χ4v) is 2.27. The monoisotopic (exact) mass is 390 g/mol. The third-order valence-corrected chi connectivity index (χ3v) is 3.94. The molecule has 1 aliphatic carbocycles. The fourth-order valence-electron chi connectivity index (χ4n) is 2.27. The summed E-state index contributed by atoms with van der Waals surface area (Å²) in [6.45, 7) is 8.36. The molecule has 0 radical (unpaired) electrons. The summed E-state index contributed by atoms with van der Waals surface area (Å²) in [5.41, 5.74) is 1.71. The molecule has 1 aromatic heterocycles. The molecular formula is C15H27IN4. The van der Waals surface area contributed by atoms with Gasteiger partial charge in [-0.15, -0.1) is 24.0 Å². The molecule has 1 heterocycles. The molecule has 0 spiro atoms. The summed E-state index contributed by atoms with van der Waals surface area (Å²) in [6, 6.07) is 4.80. The van der Waals surface area contributed by atoms with E-state index in [-0.39, 0.29) is 24.0 Å². The second-order valence-electron chi connectivity index (χ2n) is 6.15. The number of guanidine groups is 1. The molecule has 1 fully saturated rings. The van der Waals surface area contributed by atoms with Crippen molar-refractivity contribution < 1.29 is 0 Å². The molecule has 1 aliphatic rings. The minimum atomic E-state index is 0. The highest BCUT2D eigenvalue weighted by Crippen LogP contribution is 2.44. The third kappa shape index (κ3) is 4.14. The zero-order valence-electron chi connectivity index (χ0n) is 13.2. The Morgan fingerprint density at radius 1 is 1.55 bits per heavy atom. The van der Waals surface area contributed by atoms with Crippen molar-refractivity contribution in [3.05, 3.63) is 24.0 Å². The van der Waals surface area contributed by atoms with Crippen LogP contribution >= 0.6 is 24.0 Å². The molecule has 1 aromatic rings. The molecule has 5 heteroatoms. The Morgan fingerprint density at radius 3 is 2.65 bits per heavy atom. The van der Waals surface area contributed by atoms with Crippen molar-refractivity contribution in [3.63, 3.8) is 0 Å². The standard InChI is InChI=1S/C15H26N4.HI/c1-6-16-14(17-13-10-15(13,2)3)19(5)11-12-8-7-9-18(12)4;/h7-9,13H,6,10-11H2,1-5H3,(H,16,17);1H. The average Bonchev–Trinajstić information content (AvgIpc) is 2.73. The summed E-state index contributed by atoms with van der Waals surface area (Å²) in [6.07, 6.45) is 3.31. The molecule has 20 heavy (non-hydrogen) atoms. The first kappa shape index (κ1) is 17.3. The number of hydrogen-bond acceptors (Lipinski definition) is 1. The highest BCUT2D eigenvalue weighted by atomic mass is 127. The van der Waals surface area contributed by atoms with Crippen molar-refractivity contribution in [2.45, 2.75) is 39.8 Å². The first-order chi connectivity index (χ1) is 8.94. The fraction of sp³-hybridized carbons (Fsp3) is 0.667. The SMILES string of the molecule is CCN=C(NC1CC1(C)C)N(C)Cc1cccn1C.I. The van der Waals surface area contributed by atoms with Crippen LogP contribution in [-0.4, -0.2) is 35.1 Å². The summed E-state index contributed by atoms with van der Waals surface area (Å²) < 4.78 is 2.15. The van der Waals surface area contributed by atoms with Crippen LogP contribution in [0, 0.1) is 5.41 Å². The van der Waals surface area contributed by atoms with Crippen LogP contribution in [0.3, 0.4) is 0 Å². The van der Waals surface area contributed by atoms with Crippen molar-refractivity contribution in [1.82, 2.24) is 14.8 Å². The number of nitrogens with zero attached hydrogens (tertiary/aromatic N) is 3. The van der Waals surface area contributed by atoms with Crippen LogP contribution in [0.1, 0.15) is 32.9 Å². The summed E-state index contributed by atoms with van der Waals surface area (Å²) in [5, 5.41) is 3.58. The molecule has 114 valence electrons. The van der Waals surface area contributed by atoms with E-state index in [1.165, 1.54) is 12.1 Å². The largest absolute Gasteiger partial charge is 0.353 e. The van der Waals surface area contributed by atoms with Gasteiger partial charge in [0.25, 0.3) is 0 Å². The minimum absolute atomic E-state index is 0. The van der Waals surface area contributed by atoms with Crippen molar-refractivity contribution in [2.24, 2.45) is 17.5 Å². The Hall–Kier alpha value is -0.720. The van der Waals surface area contributed by atoms with Crippen LogP contribution in [0.25, 0.3) is 0 Å². The van der Waals surface area contributed by atoms with Crippen molar-refractivity contribution in [2.75, 3.05) is 13.6 Å². The molecule has 1 N–H and O–H groups in total. The summed E-state index contributed by atoms with van der Waals surface area (Å²) in [7, 11) is 4.18. The Kier molecular flexibility index (Phi) is 5.91. The lowest BCUT2D eigenvalue weighted by Gasteiger charge is -2.23. The number of rotatable bonds is 4. The molecule has 0 saturated heterocycles. The van der Waals surface area contributed by atoms with Gasteiger partial charge in [-0.05, 0) is 30.9 Å². The van der Waals surface area contributed by atoms with E-state index in [9.17, 15) is 0 Å². The molecule has 2 rings (SSSR count). The molecule has 0 bridgehead atoms. The summed E-state index contributed by atoms with van der Waals surface area (Å²) in [5.74, 6) is 1.01. The van der Waals surface area contributed by atoms with E-state index in [0.717, 1.165) is 19.0 Å². The van der Waals surface area contributed by atoms with Crippen molar-refractivity contribution in [3.8, 4) is 0 Å². The predicted octanol–water partition coefficient (Wildman–Crippen LogP) is 2.84. The van der Waals surface area contributed by atoms with Gasteiger partial charge in [0.15, 0.2) is 5.96 Å². The van der Waals surface area contributed by atoms with E-state index in [4.69, 9.17) is 0 Å². The van der Waals surface area contributed by atoms with Crippen LogP contribution in [0.4, 0.5) is 0 Å². The van der Waals surface area contributed by atoms with E-state index in [1.807, 2.05) is 0 Å². The van der Waals surface area contributed by atoms with Crippen LogP contribution in [0.15, 0.2) is 23.3 Å². The van der Waals surface area contributed by atoms with E-state index in [2.05, 4.69) is 73.0 Å². The van der Waals surface area contributed by atoms with Gasteiger partial charge in [-0.1, -0.05) is 13.8 Å². The van der Waals surface area contributed by atoms with Gasteiger partial charge >= 0.3 is 0 Å². The molecule has 1 saturated carbocycles. The number of hydrogen-bond donors (Lipinski definition) is 1. The molecule has 0 amide bonds. The lowest BCUT2D eigenvalue weighted by Crippen LogP contribution is -2.41. The highest BCUT2D eigenvalue weighted by molar-refractivity contribution is 14.0. The van der Waals surface area contributed by atoms with Crippen LogP contribution in [0.2, 0.25) is 0 Å². The lowest BCUT2D eigenvalue weighted by molar-refractivity contribution is 0.453. The van der Waals surface area contributed by atoms with Crippen LogP contribution in [0.5, 0.6) is 0 Å². The first-order valence-corrected chi connectivity index (χ1v) is 7.06. The molecule has 4 nitrogen and oxygen atoms in total. The maximum Gasteiger partial charge on any atom is 0.194 e. The highest BCUT2D eigenvalue weighted by Gasteiger charge is 2.46. The Morgan fingerprint density at radius 2 is 2.20 bits per heavy atom. The normalized spacial score (nSPS) is 20.2. The van der Waals surface area contributed by atoms with E-state index >= 15 is 0 Å². The van der Waals surface area contributed by atoms with Gasteiger partial charge in [0.2, 0.25) is 0 Å². The number of aromatic nitrogens is 1. The average molecular weight is 390 g/mol. The number of aliphatic imine (C=N–C) groups is 1. The Bertz CT molecular complexity index is 464. The van der Waals surface area contributed by atoms with Gasteiger partial charge in [0.05, 0.1) is 6.54 Å². The second-order valence-corrected chi connectivity index (χ2v) is 6.15. The van der Waals surface area contributed by atoms with Gasteiger partial charge < -0.3 is 14.8 Å². The zero-order chi connectivity index (χ0) is 14.0. The zero-order valence-corrected chi connectivity index (χ0v) is 15.5. The summed E-state index contributed by atoms with van der Waals surface area (Å²) >= 11 is 0. The molecular weight excluding hydrogens is 363 g/mol. The topological polar surface area (TPSA) is 32.6 Å². The first-order valence-electron chi connectivity index (χ1n) is 7.06. The van der Waals surface area contributed by atoms with Gasteiger partial charge in [-0.25, -0.2) is 0 Å². The van der Waals surface area contributed by atoms with E-state index in [0.29, 0.717) is 11.5 Å². The summed E-state index contributed by atoms with van der Waals surface area (Å²) in [4.78, 5) is 6.80. The van der Waals surface area contributed by atoms with Crippen molar-refractivity contribution >= 4 is 29.9 Å². The number of halogens is 1. The number of aryl methyl sites for hydroxylation is 1. The van der Waals surface area contributed by atoms with E-state index < -0.39 is 0 Å². The second kappa shape index (κ2) is 6.83. The van der Waals surface area contributed by atoms with Crippen molar-refractivity contribution in [1.29, 1.82) is 0 Å². The number of nitrogens with one attached hydrogen (secondary N) is 1. The third-order valence-electron chi connectivity index (χ3n) is 3.94. The maximum absolute atomic E-state index is 4.60. The Labute approximate surface area is 139 Å². The predicted molar refractivity (Wildman–Crippen MR) is 95.6 cm³/mol. The lowest BCUT2D eigenvalue weighted by atomic mass is 10.2. The van der Waals surface area contributed by atoms with Gasteiger partial charge in [-0.2, -0.15) is 0 Å². The van der Waals surface area contributed by atoms with Gasteiger partial charge in [0.1, 0.15) is 0 Å². The quantitative estimate of drug-likeness (QED) is 0.487. The molecule has 0 aromatic carbocycles. The Balaban J connectivity index is 0.00000200. The molecule has 1 atom stereocenters. The van der Waals surface area contributed by atoms with Crippen LogP contribution in [-0.2, 0) is 13.6 Å². The van der Waals surface area contributed by atoms with Gasteiger partial charge in [0, 0.05) is 38.6 Å².